The normalized spacial score (nSPS) is 21.1. The second kappa shape index (κ2) is 7.27. The standard InChI is InChI=1S/C12H22N2O3/c1-13-11(15)6-4-8-14-7-3-2-5-10(14)9-12(16)17/h10H,2-9H2,1H3,(H,13,15)(H,16,17). The topological polar surface area (TPSA) is 69.6 Å². The van der Waals surface area contributed by atoms with Crippen LogP contribution in [0.25, 0.3) is 0 Å². The first-order valence-corrected chi connectivity index (χ1v) is 6.30. The third kappa shape index (κ3) is 5.17. The van der Waals surface area contributed by atoms with Gasteiger partial charge in [-0.2, -0.15) is 0 Å². The lowest BCUT2D eigenvalue weighted by Crippen LogP contribution is -2.41. The Bertz CT molecular complexity index is 268. The molecule has 1 atom stereocenters. The molecule has 1 amide bonds. The van der Waals surface area contributed by atoms with E-state index in [1.165, 1.54) is 0 Å². The zero-order valence-corrected chi connectivity index (χ0v) is 10.4. The summed E-state index contributed by atoms with van der Waals surface area (Å²) in [5.74, 6) is -0.676. The van der Waals surface area contributed by atoms with Crippen molar-refractivity contribution in [2.24, 2.45) is 0 Å². The first-order valence-electron chi connectivity index (χ1n) is 6.30. The molecule has 98 valence electrons. The van der Waals surface area contributed by atoms with Gasteiger partial charge in [-0.25, -0.2) is 0 Å². The summed E-state index contributed by atoms with van der Waals surface area (Å²) < 4.78 is 0. The number of carbonyl (C=O) groups is 2. The van der Waals surface area contributed by atoms with Crippen molar-refractivity contribution in [3.63, 3.8) is 0 Å². The van der Waals surface area contributed by atoms with Crippen LogP contribution in [-0.4, -0.2) is 48.1 Å². The van der Waals surface area contributed by atoms with Gasteiger partial charge in [-0.3, -0.25) is 14.5 Å². The molecule has 17 heavy (non-hydrogen) atoms. The molecule has 0 aromatic carbocycles. The van der Waals surface area contributed by atoms with Gasteiger partial charge in [0.25, 0.3) is 0 Å². The van der Waals surface area contributed by atoms with E-state index in [1.54, 1.807) is 7.05 Å². The first kappa shape index (κ1) is 14.0. The molecule has 1 unspecified atom stereocenters. The average Bonchev–Trinajstić information content (AvgIpc) is 2.30. The second-order valence-corrected chi connectivity index (χ2v) is 4.56. The van der Waals surface area contributed by atoms with Crippen LogP contribution in [0.2, 0.25) is 0 Å². The Hall–Kier alpha value is -1.10. The van der Waals surface area contributed by atoms with E-state index in [1.807, 2.05) is 0 Å². The Labute approximate surface area is 102 Å². The van der Waals surface area contributed by atoms with E-state index < -0.39 is 5.97 Å². The van der Waals surface area contributed by atoms with Gasteiger partial charge < -0.3 is 10.4 Å². The molecule has 0 radical (unpaired) electrons. The van der Waals surface area contributed by atoms with E-state index in [0.717, 1.165) is 38.8 Å². The predicted molar refractivity (Wildman–Crippen MR) is 64.8 cm³/mol. The molecular formula is C12H22N2O3. The van der Waals surface area contributed by atoms with Crippen molar-refractivity contribution in [3.8, 4) is 0 Å². The minimum Gasteiger partial charge on any atom is -0.481 e. The fourth-order valence-corrected chi connectivity index (χ4v) is 2.35. The fourth-order valence-electron chi connectivity index (χ4n) is 2.35. The van der Waals surface area contributed by atoms with Crippen LogP contribution in [0.4, 0.5) is 0 Å². The van der Waals surface area contributed by atoms with E-state index in [-0.39, 0.29) is 18.4 Å². The minimum absolute atomic E-state index is 0.0526. The number of aliphatic carboxylic acids is 1. The van der Waals surface area contributed by atoms with Gasteiger partial charge in [0.1, 0.15) is 0 Å². The minimum atomic E-state index is -0.729. The number of hydrogen-bond donors (Lipinski definition) is 2. The zero-order chi connectivity index (χ0) is 12.7. The molecule has 5 nitrogen and oxygen atoms in total. The highest BCUT2D eigenvalue weighted by Crippen LogP contribution is 2.20. The average molecular weight is 242 g/mol. The van der Waals surface area contributed by atoms with Crippen LogP contribution in [0, 0.1) is 0 Å². The Morgan fingerprint density at radius 1 is 1.41 bits per heavy atom. The van der Waals surface area contributed by atoms with Crippen LogP contribution in [0.5, 0.6) is 0 Å². The van der Waals surface area contributed by atoms with Crippen LogP contribution in [-0.2, 0) is 9.59 Å². The molecule has 1 saturated heterocycles. The van der Waals surface area contributed by atoms with Gasteiger partial charge in [-0.1, -0.05) is 6.42 Å². The molecule has 1 heterocycles. The lowest BCUT2D eigenvalue weighted by Gasteiger charge is -2.34. The third-order valence-electron chi connectivity index (χ3n) is 3.29. The van der Waals surface area contributed by atoms with E-state index in [0.29, 0.717) is 6.42 Å². The zero-order valence-electron chi connectivity index (χ0n) is 10.4. The summed E-state index contributed by atoms with van der Waals surface area (Å²) in [6, 6.07) is 0.158. The van der Waals surface area contributed by atoms with Crippen molar-refractivity contribution in [2.75, 3.05) is 20.1 Å². The van der Waals surface area contributed by atoms with Crippen LogP contribution in [0.15, 0.2) is 0 Å². The van der Waals surface area contributed by atoms with Crippen LogP contribution in [0.1, 0.15) is 38.5 Å². The largest absolute Gasteiger partial charge is 0.481 e. The molecule has 5 heteroatoms. The lowest BCUT2D eigenvalue weighted by molar-refractivity contribution is -0.138. The molecule has 1 rings (SSSR count). The van der Waals surface area contributed by atoms with Crippen molar-refractivity contribution in [2.45, 2.75) is 44.6 Å². The third-order valence-corrected chi connectivity index (χ3v) is 3.29. The summed E-state index contributed by atoms with van der Waals surface area (Å²) in [6.45, 7) is 1.79. The van der Waals surface area contributed by atoms with Crippen LogP contribution in [0.3, 0.4) is 0 Å². The Morgan fingerprint density at radius 2 is 2.18 bits per heavy atom. The Morgan fingerprint density at radius 3 is 2.82 bits per heavy atom. The summed E-state index contributed by atoms with van der Waals surface area (Å²) in [6.07, 6.45) is 4.76. The fraction of sp³-hybridized carbons (Fsp3) is 0.833. The number of carboxylic acid groups (broad SMARTS) is 1. The Kier molecular flexibility index (Phi) is 5.97. The van der Waals surface area contributed by atoms with Gasteiger partial charge >= 0.3 is 5.97 Å². The van der Waals surface area contributed by atoms with Gasteiger partial charge in [-0.15, -0.1) is 0 Å². The highest BCUT2D eigenvalue weighted by molar-refractivity contribution is 5.75. The van der Waals surface area contributed by atoms with Gasteiger partial charge in [0.05, 0.1) is 6.42 Å². The van der Waals surface area contributed by atoms with Crippen LogP contribution >= 0.6 is 0 Å². The van der Waals surface area contributed by atoms with Crippen molar-refractivity contribution in [3.05, 3.63) is 0 Å². The highest BCUT2D eigenvalue weighted by Gasteiger charge is 2.24. The van der Waals surface area contributed by atoms with Crippen molar-refractivity contribution < 1.29 is 14.7 Å². The summed E-state index contributed by atoms with van der Waals surface area (Å²) >= 11 is 0. The van der Waals surface area contributed by atoms with Gasteiger partial charge in [0, 0.05) is 19.5 Å². The molecule has 1 aliphatic heterocycles. The number of nitrogens with one attached hydrogen (secondary N) is 1. The summed E-state index contributed by atoms with van der Waals surface area (Å²) in [5.41, 5.74) is 0. The Balaban J connectivity index is 2.32. The quantitative estimate of drug-likeness (QED) is 0.724. The predicted octanol–water partition coefficient (Wildman–Crippen LogP) is 0.842. The SMILES string of the molecule is CNC(=O)CCCN1CCCCC1CC(=O)O. The number of amides is 1. The molecule has 1 fully saturated rings. The van der Waals surface area contributed by atoms with E-state index in [4.69, 9.17) is 5.11 Å². The number of likely N-dealkylation sites (tertiary alicyclic amines) is 1. The van der Waals surface area contributed by atoms with Gasteiger partial charge in [-0.05, 0) is 32.4 Å². The summed E-state index contributed by atoms with van der Waals surface area (Å²) in [7, 11) is 1.64. The number of carboxylic acids is 1. The highest BCUT2D eigenvalue weighted by atomic mass is 16.4. The maximum atomic E-state index is 11.1. The van der Waals surface area contributed by atoms with Crippen molar-refractivity contribution >= 4 is 11.9 Å². The maximum absolute atomic E-state index is 11.1. The number of rotatable bonds is 6. The van der Waals surface area contributed by atoms with Crippen LogP contribution < -0.4 is 5.32 Å². The van der Waals surface area contributed by atoms with Gasteiger partial charge in [0.15, 0.2) is 0 Å². The van der Waals surface area contributed by atoms with E-state index in [9.17, 15) is 9.59 Å². The van der Waals surface area contributed by atoms with Crippen molar-refractivity contribution in [1.29, 1.82) is 0 Å². The molecular weight excluding hydrogens is 220 g/mol. The van der Waals surface area contributed by atoms with E-state index in [2.05, 4.69) is 10.2 Å². The molecule has 0 aromatic heterocycles. The maximum Gasteiger partial charge on any atom is 0.304 e. The number of nitrogens with zero attached hydrogens (tertiary/aromatic N) is 1. The number of carbonyl (C=O) groups excluding carboxylic acids is 1. The molecule has 2 N–H and O–H groups in total. The molecule has 0 saturated carbocycles. The smallest absolute Gasteiger partial charge is 0.304 e. The molecule has 1 aliphatic rings. The molecule has 0 aromatic rings. The number of piperidine rings is 1. The van der Waals surface area contributed by atoms with Crippen molar-refractivity contribution in [1.82, 2.24) is 10.2 Å². The second-order valence-electron chi connectivity index (χ2n) is 4.56. The monoisotopic (exact) mass is 242 g/mol. The van der Waals surface area contributed by atoms with E-state index >= 15 is 0 Å². The first-order chi connectivity index (χ1) is 8.13. The molecule has 0 spiro atoms. The molecule has 0 aliphatic carbocycles. The lowest BCUT2D eigenvalue weighted by atomic mass is 9.99. The number of hydrogen-bond acceptors (Lipinski definition) is 3. The summed E-state index contributed by atoms with van der Waals surface area (Å²) in [5, 5.41) is 11.4. The van der Waals surface area contributed by atoms with Gasteiger partial charge in [0.2, 0.25) is 5.91 Å². The summed E-state index contributed by atoms with van der Waals surface area (Å²) in [4.78, 5) is 24.1. The molecule has 0 bridgehead atoms.